The van der Waals surface area contributed by atoms with Crippen LogP contribution in [0, 0.1) is 5.92 Å². The Morgan fingerprint density at radius 2 is 1.74 bits per heavy atom. The zero-order valence-electron chi connectivity index (χ0n) is 18.2. The molecule has 31 heavy (non-hydrogen) atoms. The summed E-state index contributed by atoms with van der Waals surface area (Å²) in [7, 11) is -2.49. The first-order chi connectivity index (χ1) is 14.8. The van der Waals surface area contributed by atoms with Crippen molar-refractivity contribution in [3.8, 4) is 5.75 Å². The third kappa shape index (κ3) is 6.20. The predicted octanol–water partition coefficient (Wildman–Crippen LogP) is 2.77. The molecular weight excluding hydrogens is 420 g/mol. The summed E-state index contributed by atoms with van der Waals surface area (Å²) >= 11 is 0. The minimum atomic E-state index is -3.86. The number of sulfonamides is 1. The third-order valence-electron chi connectivity index (χ3n) is 6.16. The van der Waals surface area contributed by atoms with E-state index >= 15 is 0 Å². The lowest BCUT2D eigenvalue weighted by Gasteiger charge is -2.29. The molecule has 1 aromatic carbocycles. The molecule has 0 aliphatic heterocycles. The van der Waals surface area contributed by atoms with Gasteiger partial charge < -0.3 is 14.8 Å². The minimum Gasteiger partial charge on any atom is -0.495 e. The second-order valence-electron chi connectivity index (χ2n) is 8.48. The molecule has 1 amide bonds. The fraction of sp³-hybridized carbons (Fsp3) is 0.636. The lowest BCUT2D eigenvalue weighted by Crippen LogP contribution is -2.42. The lowest BCUT2D eigenvalue weighted by atomic mass is 9.86. The van der Waals surface area contributed by atoms with Gasteiger partial charge in [0.15, 0.2) is 6.61 Å². The van der Waals surface area contributed by atoms with Gasteiger partial charge in [0.2, 0.25) is 10.0 Å². The summed E-state index contributed by atoms with van der Waals surface area (Å²) in [6.07, 6.45) is 7.79. The maximum atomic E-state index is 12.9. The normalized spacial score (nSPS) is 22.1. The molecule has 1 aromatic rings. The van der Waals surface area contributed by atoms with Crippen LogP contribution < -0.4 is 14.8 Å². The van der Waals surface area contributed by atoms with Gasteiger partial charge in [-0.3, -0.25) is 4.79 Å². The summed E-state index contributed by atoms with van der Waals surface area (Å²) in [6, 6.07) is 4.07. The Morgan fingerprint density at radius 3 is 2.42 bits per heavy atom. The Hall–Kier alpha value is -2.13. The number of ether oxygens (including phenoxy) is 2. The molecule has 0 aromatic heterocycles. The van der Waals surface area contributed by atoms with Crippen LogP contribution in [0.4, 0.5) is 0 Å². The Bertz CT molecular complexity index is 895. The van der Waals surface area contributed by atoms with Crippen molar-refractivity contribution in [1.29, 1.82) is 0 Å². The van der Waals surface area contributed by atoms with Crippen molar-refractivity contribution in [3.63, 3.8) is 0 Å². The smallest absolute Gasteiger partial charge is 0.338 e. The zero-order chi connectivity index (χ0) is 22.4. The van der Waals surface area contributed by atoms with Crippen molar-refractivity contribution in [2.75, 3.05) is 13.7 Å². The Morgan fingerprint density at radius 1 is 1.06 bits per heavy atom. The van der Waals surface area contributed by atoms with Crippen molar-refractivity contribution in [1.82, 2.24) is 10.0 Å². The van der Waals surface area contributed by atoms with Gasteiger partial charge in [-0.15, -0.1) is 0 Å². The first-order valence-electron chi connectivity index (χ1n) is 11.0. The fourth-order valence-corrected chi connectivity index (χ4v) is 5.83. The lowest BCUT2D eigenvalue weighted by molar-refractivity contribution is -0.125. The van der Waals surface area contributed by atoms with E-state index in [-0.39, 0.29) is 34.2 Å². The topological polar surface area (TPSA) is 111 Å². The average molecular weight is 453 g/mol. The van der Waals surface area contributed by atoms with Crippen molar-refractivity contribution in [2.45, 2.75) is 75.3 Å². The third-order valence-corrected chi connectivity index (χ3v) is 7.70. The van der Waals surface area contributed by atoms with Crippen LogP contribution in [0.25, 0.3) is 0 Å². The summed E-state index contributed by atoms with van der Waals surface area (Å²) < 4.78 is 38.7. The Balaban J connectivity index is 1.64. The van der Waals surface area contributed by atoms with E-state index in [0.717, 1.165) is 44.9 Å². The molecule has 2 N–H and O–H groups in total. The number of methoxy groups -OCH3 is 1. The van der Waals surface area contributed by atoms with Gasteiger partial charge in [0, 0.05) is 12.1 Å². The Kier molecular flexibility index (Phi) is 7.94. The van der Waals surface area contributed by atoms with Gasteiger partial charge >= 0.3 is 5.97 Å². The number of nitrogens with one attached hydrogen (secondary N) is 2. The number of benzene rings is 1. The first kappa shape index (κ1) is 23.5. The van der Waals surface area contributed by atoms with E-state index in [9.17, 15) is 18.0 Å². The molecule has 2 saturated carbocycles. The highest BCUT2D eigenvalue weighted by molar-refractivity contribution is 7.89. The average Bonchev–Trinajstić information content (AvgIpc) is 3.25. The molecule has 0 spiro atoms. The molecule has 8 nitrogen and oxygen atoms in total. The van der Waals surface area contributed by atoms with Gasteiger partial charge in [0.1, 0.15) is 10.6 Å². The largest absolute Gasteiger partial charge is 0.495 e. The molecule has 3 rings (SSSR count). The van der Waals surface area contributed by atoms with Crippen LogP contribution in [-0.4, -0.2) is 46.1 Å². The summed E-state index contributed by atoms with van der Waals surface area (Å²) in [4.78, 5) is 24.6. The SMILES string of the molecule is COc1ccc(C(=O)OCC(=O)NC2CCCCC2C)cc1S(=O)(=O)NC1CCCC1. The number of esters is 1. The number of amides is 1. The quantitative estimate of drug-likeness (QED) is 0.587. The second kappa shape index (κ2) is 10.5. The predicted molar refractivity (Wildman–Crippen MR) is 115 cm³/mol. The van der Waals surface area contributed by atoms with Gasteiger partial charge in [0.25, 0.3) is 5.91 Å². The molecule has 0 saturated heterocycles. The maximum Gasteiger partial charge on any atom is 0.338 e. The van der Waals surface area contributed by atoms with Crippen molar-refractivity contribution in [2.24, 2.45) is 5.92 Å². The van der Waals surface area contributed by atoms with E-state index in [2.05, 4.69) is 17.0 Å². The van der Waals surface area contributed by atoms with E-state index in [0.29, 0.717) is 5.92 Å². The van der Waals surface area contributed by atoms with E-state index in [1.54, 1.807) is 0 Å². The van der Waals surface area contributed by atoms with Crippen molar-refractivity contribution < 1.29 is 27.5 Å². The van der Waals surface area contributed by atoms with E-state index in [1.807, 2.05) is 0 Å². The van der Waals surface area contributed by atoms with Crippen molar-refractivity contribution in [3.05, 3.63) is 23.8 Å². The highest BCUT2D eigenvalue weighted by Gasteiger charge is 2.27. The standard InChI is InChI=1S/C22H32N2O6S/c1-15-7-3-6-10-18(15)23-21(25)14-30-22(26)16-11-12-19(29-2)20(13-16)31(27,28)24-17-8-4-5-9-17/h11-13,15,17-18,24H,3-10,14H2,1-2H3,(H,23,25). The molecule has 0 radical (unpaired) electrons. The summed E-state index contributed by atoms with van der Waals surface area (Å²) in [5, 5.41) is 2.93. The molecule has 0 bridgehead atoms. The van der Waals surface area contributed by atoms with E-state index in [4.69, 9.17) is 9.47 Å². The molecule has 2 unspecified atom stereocenters. The number of carbonyl (C=O) groups excluding carboxylic acids is 2. The van der Waals surface area contributed by atoms with Crippen LogP contribution in [0.15, 0.2) is 23.1 Å². The highest BCUT2D eigenvalue weighted by Crippen LogP contribution is 2.28. The van der Waals surface area contributed by atoms with Crippen molar-refractivity contribution >= 4 is 21.9 Å². The van der Waals surface area contributed by atoms with Gasteiger partial charge in [-0.1, -0.05) is 32.6 Å². The molecule has 9 heteroatoms. The van der Waals surface area contributed by atoms with Crippen LogP contribution in [-0.2, 0) is 19.6 Å². The molecule has 2 atom stereocenters. The van der Waals surface area contributed by atoms with Crippen LogP contribution in [0.2, 0.25) is 0 Å². The van der Waals surface area contributed by atoms with Crippen LogP contribution in [0.5, 0.6) is 5.75 Å². The number of carbonyl (C=O) groups is 2. The van der Waals surface area contributed by atoms with Crippen LogP contribution >= 0.6 is 0 Å². The molecule has 172 valence electrons. The fourth-order valence-electron chi connectivity index (χ4n) is 4.33. The number of rotatable bonds is 8. The molecule has 0 heterocycles. The van der Waals surface area contributed by atoms with Crippen LogP contribution in [0.3, 0.4) is 0 Å². The number of hydrogen-bond donors (Lipinski definition) is 2. The van der Waals surface area contributed by atoms with Gasteiger partial charge in [-0.05, 0) is 49.8 Å². The molecule has 2 aliphatic rings. The molecular formula is C22H32N2O6S. The monoisotopic (exact) mass is 452 g/mol. The molecule has 2 aliphatic carbocycles. The first-order valence-corrected chi connectivity index (χ1v) is 12.5. The summed E-state index contributed by atoms with van der Waals surface area (Å²) in [5.41, 5.74) is 0.0476. The summed E-state index contributed by atoms with van der Waals surface area (Å²) in [5.74, 6) is -0.565. The Labute approximate surface area is 184 Å². The minimum absolute atomic E-state index is 0.0476. The van der Waals surface area contributed by atoms with Gasteiger partial charge in [-0.25, -0.2) is 17.9 Å². The van der Waals surface area contributed by atoms with Crippen LogP contribution in [0.1, 0.15) is 68.6 Å². The van der Waals surface area contributed by atoms with E-state index in [1.165, 1.54) is 31.7 Å². The zero-order valence-corrected chi connectivity index (χ0v) is 19.0. The maximum absolute atomic E-state index is 12.9. The second-order valence-corrected chi connectivity index (χ2v) is 10.2. The molecule has 2 fully saturated rings. The van der Waals surface area contributed by atoms with Gasteiger partial charge in [-0.2, -0.15) is 0 Å². The highest BCUT2D eigenvalue weighted by atomic mass is 32.2. The van der Waals surface area contributed by atoms with Gasteiger partial charge in [0.05, 0.1) is 12.7 Å². The number of hydrogen-bond acceptors (Lipinski definition) is 6. The summed E-state index contributed by atoms with van der Waals surface area (Å²) in [6.45, 7) is 1.70. The van der Waals surface area contributed by atoms with E-state index < -0.39 is 22.6 Å².